The first-order valence-corrected chi connectivity index (χ1v) is 6.62. The summed E-state index contributed by atoms with van der Waals surface area (Å²) in [7, 11) is 0. The standard InChI is InChI=1S/C14H11F2N5O2/c15-14(16)21-6-4-11(19-21)13(22)18-8-9-7-12(20-23-9)10-3-1-2-5-17-10/h1-7,14H,8H2,(H,18,22). The van der Waals surface area contributed by atoms with E-state index in [1.807, 2.05) is 6.07 Å². The summed E-state index contributed by atoms with van der Waals surface area (Å²) >= 11 is 0. The minimum absolute atomic E-state index is 0.0558. The van der Waals surface area contributed by atoms with E-state index in [0.29, 0.717) is 21.8 Å². The maximum absolute atomic E-state index is 12.4. The van der Waals surface area contributed by atoms with E-state index in [1.54, 1.807) is 24.4 Å². The molecule has 3 heterocycles. The predicted molar refractivity (Wildman–Crippen MR) is 74.4 cm³/mol. The molecule has 0 spiro atoms. The lowest BCUT2D eigenvalue weighted by Crippen LogP contribution is -2.23. The fraction of sp³-hybridized carbons (Fsp3) is 0.143. The van der Waals surface area contributed by atoms with Gasteiger partial charge in [-0.05, 0) is 18.2 Å². The molecule has 0 radical (unpaired) electrons. The average molecular weight is 319 g/mol. The molecule has 0 unspecified atom stereocenters. The quantitative estimate of drug-likeness (QED) is 0.779. The Kier molecular flexibility index (Phi) is 4.09. The van der Waals surface area contributed by atoms with Gasteiger partial charge in [0.15, 0.2) is 5.76 Å². The zero-order valence-electron chi connectivity index (χ0n) is 11.7. The van der Waals surface area contributed by atoms with Crippen LogP contribution in [0.3, 0.4) is 0 Å². The van der Waals surface area contributed by atoms with Crippen molar-refractivity contribution in [2.45, 2.75) is 13.1 Å². The molecule has 7 nitrogen and oxygen atoms in total. The van der Waals surface area contributed by atoms with E-state index in [1.165, 1.54) is 6.07 Å². The Morgan fingerprint density at radius 2 is 2.17 bits per heavy atom. The molecular formula is C14H11F2N5O2. The fourth-order valence-electron chi connectivity index (χ4n) is 1.86. The molecule has 0 aliphatic rings. The van der Waals surface area contributed by atoms with Crippen molar-refractivity contribution in [1.82, 2.24) is 25.2 Å². The van der Waals surface area contributed by atoms with Gasteiger partial charge < -0.3 is 9.84 Å². The molecule has 1 amide bonds. The van der Waals surface area contributed by atoms with Gasteiger partial charge in [-0.15, -0.1) is 0 Å². The van der Waals surface area contributed by atoms with Crippen LogP contribution in [0.2, 0.25) is 0 Å². The van der Waals surface area contributed by atoms with Crippen LogP contribution in [0.4, 0.5) is 8.78 Å². The van der Waals surface area contributed by atoms with Crippen molar-refractivity contribution in [3.05, 3.63) is 54.2 Å². The molecule has 3 rings (SSSR count). The SMILES string of the molecule is O=C(NCc1cc(-c2ccccn2)no1)c1ccn(C(F)F)n1. The smallest absolute Gasteiger partial charge is 0.333 e. The number of rotatable bonds is 5. The zero-order valence-corrected chi connectivity index (χ0v) is 11.7. The summed E-state index contributed by atoms with van der Waals surface area (Å²) in [6.07, 6.45) is 2.66. The van der Waals surface area contributed by atoms with Gasteiger partial charge in [0.1, 0.15) is 11.4 Å². The summed E-state index contributed by atoms with van der Waals surface area (Å²) in [4.78, 5) is 16.0. The second kappa shape index (κ2) is 6.34. The highest BCUT2D eigenvalue weighted by atomic mass is 19.3. The van der Waals surface area contributed by atoms with Crippen LogP contribution in [0.25, 0.3) is 11.4 Å². The van der Waals surface area contributed by atoms with Crippen LogP contribution in [-0.4, -0.2) is 25.8 Å². The minimum Gasteiger partial charge on any atom is -0.359 e. The monoisotopic (exact) mass is 319 g/mol. The van der Waals surface area contributed by atoms with E-state index < -0.39 is 12.5 Å². The van der Waals surface area contributed by atoms with Crippen LogP contribution in [0.1, 0.15) is 22.8 Å². The highest BCUT2D eigenvalue weighted by Crippen LogP contribution is 2.16. The first kappa shape index (κ1) is 14.8. The Labute approximate surface area is 128 Å². The number of aromatic nitrogens is 4. The minimum atomic E-state index is -2.79. The number of amides is 1. The van der Waals surface area contributed by atoms with Crippen molar-refractivity contribution in [2.24, 2.45) is 0 Å². The third-order valence-electron chi connectivity index (χ3n) is 2.95. The van der Waals surface area contributed by atoms with E-state index in [0.717, 1.165) is 6.20 Å². The van der Waals surface area contributed by atoms with Crippen LogP contribution in [0.15, 0.2) is 47.2 Å². The second-order valence-electron chi connectivity index (χ2n) is 4.53. The van der Waals surface area contributed by atoms with Gasteiger partial charge in [0, 0.05) is 18.5 Å². The number of alkyl halides is 2. The summed E-state index contributed by atoms with van der Waals surface area (Å²) in [6.45, 7) is -2.73. The normalized spacial score (nSPS) is 10.9. The highest BCUT2D eigenvalue weighted by molar-refractivity contribution is 5.92. The van der Waals surface area contributed by atoms with Gasteiger partial charge >= 0.3 is 6.55 Å². The van der Waals surface area contributed by atoms with Crippen molar-refractivity contribution in [2.75, 3.05) is 0 Å². The first-order chi connectivity index (χ1) is 11.1. The maximum atomic E-state index is 12.4. The van der Waals surface area contributed by atoms with E-state index in [-0.39, 0.29) is 12.2 Å². The number of pyridine rings is 1. The van der Waals surface area contributed by atoms with Crippen molar-refractivity contribution in [3.8, 4) is 11.4 Å². The number of carbonyl (C=O) groups excluding carboxylic acids is 1. The van der Waals surface area contributed by atoms with Crippen LogP contribution in [-0.2, 0) is 6.54 Å². The molecule has 23 heavy (non-hydrogen) atoms. The number of carbonyl (C=O) groups is 1. The van der Waals surface area contributed by atoms with Gasteiger partial charge in [-0.2, -0.15) is 13.9 Å². The Balaban J connectivity index is 1.62. The molecule has 118 valence electrons. The maximum Gasteiger partial charge on any atom is 0.333 e. The van der Waals surface area contributed by atoms with Gasteiger partial charge in [0.05, 0.1) is 12.2 Å². The largest absolute Gasteiger partial charge is 0.359 e. The summed E-state index contributed by atoms with van der Waals surface area (Å²) < 4.78 is 30.3. The summed E-state index contributed by atoms with van der Waals surface area (Å²) in [5.74, 6) is -0.174. The van der Waals surface area contributed by atoms with E-state index in [9.17, 15) is 13.6 Å². The molecular weight excluding hydrogens is 308 g/mol. The van der Waals surface area contributed by atoms with E-state index in [2.05, 4.69) is 20.6 Å². The Bertz CT molecular complexity index is 800. The summed E-state index contributed by atoms with van der Waals surface area (Å²) in [5.41, 5.74) is 1.08. The third kappa shape index (κ3) is 3.39. The Morgan fingerprint density at radius 3 is 2.87 bits per heavy atom. The van der Waals surface area contributed by atoms with E-state index >= 15 is 0 Å². The van der Waals surface area contributed by atoms with Gasteiger partial charge in [-0.25, -0.2) is 4.68 Å². The molecule has 0 aliphatic carbocycles. The summed E-state index contributed by atoms with van der Waals surface area (Å²) in [5, 5.41) is 9.85. The molecule has 3 aromatic rings. The molecule has 0 aliphatic heterocycles. The molecule has 0 saturated carbocycles. The molecule has 0 bridgehead atoms. The van der Waals surface area contributed by atoms with Crippen molar-refractivity contribution in [1.29, 1.82) is 0 Å². The van der Waals surface area contributed by atoms with Crippen LogP contribution >= 0.6 is 0 Å². The molecule has 0 fully saturated rings. The van der Waals surface area contributed by atoms with Gasteiger partial charge in [-0.1, -0.05) is 11.2 Å². The number of hydrogen-bond acceptors (Lipinski definition) is 5. The fourth-order valence-corrected chi connectivity index (χ4v) is 1.86. The van der Waals surface area contributed by atoms with Crippen molar-refractivity contribution < 1.29 is 18.1 Å². The highest BCUT2D eigenvalue weighted by Gasteiger charge is 2.14. The van der Waals surface area contributed by atoms with Gasteiger partial charge in [-0.3, -0.25) is 9.78 Å². The molecule has 9 heteroatoms. The lowest BCUT2D eigenvalue weighted by molar-refractivity contribution is 0.0559. The zero-order chi connectivity index (χ0) is 16.2. The third-order valence-corrected chi connectivity index (χ3v) is 2.95. The second-order valence-corrected chi connectivity index (χ2v) is 4.53. The van der Waals surface area contributed by atoms with Crippen LogP contribution in [0.5, 0.6) is 0 Å². The average Bonchev–Trinajstić information content (AvgIpc) is 3.23. The Hall–Kier alpha value is -3.10. The topological polar surface area (TPSA) is 85.8 Å². The van der Waals surface area contributed by atoms with Crippen molar-refractivity contribution in [3.63, 3.8) is 0 Å². The number of nitrogens with zero attached hydrogens (tertiary/aromatic N) is 4. The van der Waals surface area contributed by atoms with Gasteiger partial charge in [0.25, 0.3) is 5.91 Å². The lowest BCUT2D eigenvalue weighted by Gasteiger charge is -2.00. The molecule has 0 atom stereocenters. The molecule has 0 aromatic carbocycles. The molecule has 0 saturated heterocycles. The predicted octanol–water partition coefficient (Wildman–Crippen LogP) is 2.26. The molecule has 1 N–H and O–H groups in total. The van der Waals surface area contributed by atoms with E-state index in [4.69, 9.17) is 4.52 Å². The van der Waals surface area contributed by atoms with Gasteiger partial charge in [0.2, 0.25) is 0 Å². The first-order valence-electron chi connectivity index (χ1n) is 6.62. The number of halogens is 2. The van der Waals surface area contributed by atoms with Crippen LogP contribution < -0.4 is 5.32 Å². The van der Waals surface area contributed by atoms with Crippen molar-refractivity contribution >= 4 is 5.91 Å². The number of hydrogen-bond donors (Lipinski definition) is 1. The number of nitrogens with one attached hydrogen (secondary N) is 1. The Morgan fingerprint density at radius 1 is 1.30 bits per heavy atom. The molecule has 3 aromatic heterocycles. The summed E-state index contributed by atoms with van der Waals surface area (Å²) in [6, 6.07) is 8.22. The lowest BCUT2D eigenvalue weighted by atomic mass is 10.2. The van der Waals surface area contributed by atoms with Crippen LogP contribution in [0, 0.1) is 0 Å².